The summed E-state index contributed by atoms with van der Waals surface area (Å²) in [5.41, 5.74) is 1.83. The van der Waals surface area contributed by atoms with Gasteiger partial charge in [0.2, 0.25) is 0 Å². The number of benzene rings is 1. The van der Waals surface area contributed by atoms with Gasteiger partial charge in [-0.05, 0) is 24.0 Å². The standard InChI is InChI=1S/C16H14N2OS.C2H6/c1-20-14-10-15(19)18(11-12-6-3-2-4-7-12)16-13(14)8-5-9-17-16;1-2/h2-10H,11H2,1H3;1-2H3. The molecular weight excluding hydrogens is 292 g/mol. The van der Waals surface area contributed by atoms with Gasteiger partial charge in [0.15, 0.2) is 0 Å². The molecule has 0 fully saturated rings. The first-order chi connectivity index (χ1) is 10.8. The van der Waals surface area contributed by atoms with Gasteiger partial charge < -0.3 is 0 Å². The van der Waals surface area contributed by atoms with Gasteiger partial charge in [-0.3, -0.25) is 9.36 Å². The summed E-state index contributed by atoms with van der Waals surface area (Å²) >= 11 is 1.57. The number of hydrogen-bond acceptors (Lipinski definition) is 3. The molecule has 0 N–H and O–H groups in total. The number of nitrogens with zero attached hydrogens (tertiary/aromatic N) is 2. The fourth-order valence-electron chi connectivity index (χ4n) is 2.26. The quantitative estimate of drug-likeness (QED) is 0.680. The van der Waals surface area contributed by atoms with Crippen molar-refractivity contribution in [3.63, 3.8) is 0 Å². The summed E-state index contributed by atoms with van der Waals surface area (Å²) in [4.78, 5) is 17.7. The highest BCUT2D eigenvalue weighted by atomic mass is 32.2. The van der Waals surface area contributed by atoms with Gasteiger partial charge in [-0.15, -0.1) is 11.8 Å². The van der Waals surface area contributed by atoms with Crippen LogP contribution in [0.15, 0.2) is 64.4 Å². The second kappa shape index (κ2) is 7.80. The van der Waals surface area contributed by atoms with E-state index in [-0.39, 0.29) is 5.56 Å². The second-order valence-electron chi connectivity index (χ2n) is 4.50. The maximum Gasteiger partial charge on any atom is 0.253 e. The van der Waals surface area contributed by atoms with Crippen LogP contribution >= 0.6 is 11.8 Å². The van der Waals surface area contributed by atoms with Crippen molar-refractivity contribution in [2.24, 2.45) is 0 Å². The van der Waals surface area contributed by atoms with Crippen LogP contribution in [-0.2, 0) is 6.54 Å². The van der Waals surface area contributed by atoms with Crippen LogP contribution in [0.5, 0.6) is 0 Å². The molecule has 22 heavy (non-hydrogen) atoms. The Hall–Kier alpha value is -2.07. The van der Waals surface area contributed by atoms with E-state index < -0.39 is 0 Å². The number of rotatable bonds is 3. The highest BCUT2D eigenvalue weighted by Crippen LogP contribution is 2.23. The van der Waals surface area contributed by atoms with Crippen molar-refractivity contribution in [3.05, 3.63) is 70.6 Å². The molecule has 2 aromatic heterocycles. The fourth-order valence-corrected chi connectivity index (χ4v) is 2.86. The van der Waals surface area contributed by atoms with Crippen LogP contribution in [0.4, 0.5) is 0 Å². The number of aromatic nitrogens is 2. The molecule has 0 aliphatic rings. The van der Waals surface area contributed by atoms with E-state index in [1.807, 2.05) is 62.6 Å². The first-order valence-corrected chi connectivity index (χ1v) is 8.58. The molecule has 3 aromatic rings. The first-order valence-electron chi connectivity index (χ1n) is 7.36. The van der Waals surface area contributed by atoms with Crippen molar-refractivity contribution in [3.8, 4) is 0 Å². The topological polar surface area (TPSA) is 34.9 Å². The molecule has 0 unspecified atom stereocenters. The van der Waals surface area contributed by atoms with Crippen LogP contribution in [0.3, 0.4) is 0 Å². The molecule has 0 aliphatic heterocycles. The minimum absolute atomic E-state index is 0.00981. The molecule has 114 valence electrons. The van der Waals surface area contributed by atoms with E-state index in [1.54, 1.807) is 28.6 Å². The van der Waals surface area contributed by atoms with E-state index in [0.717, 1.165) is 21.5 Å². The largest absolute Gasteiger partial charge is 0.288 e. The van der Waals surface area contributed by atoms with E-state index >= 15 is 0 Å². The third-order valence-corrected chi connectivity index (χ3v) is 4.01. The van der Waals surface area contributed by atoms with Crippen LogP contribution in [0.1, 0.15) is 19.4 Å². The molecule has 2 heterocycles. The predicted octanol–water partition coefficient (Wildman–Crippen LogP) is 4.19. The lowest BCUT2D eigenvalue weighted by molar-refractivity contribution is 0.779. The van der Waals surface area contributed by atoms with Gasteiger partial charge in [-0.2, -0.15) is 0 Å². The van der Waals surface area contributed by atoms with Crippen LogP contribution in [-0.4, -0.2) is 15.8 Å². The SMILES string of the molecule is CC.CSc1cc(=O)n(Cc2ccccc2)c2ncccc12. The fraction of sp³-hybridized carbons (Fsp3) is 0.222. The number of hydrogen-bond donors (Lipinski definition) is 0. The van der Waals surface area contributed by atoms with Gasteiger partial charge in [0, 0.05) is 22.5 Å². The Morgan fingerprint density at radius 1 is 1.09 bits per heavy atom. The lowest BCUT2D eigenvalue weighted by Gasteiger charge is -2.11. The first kappa shape index (κ1) is 16.3. The lowest BCUT2D eigenvalue weighted by atomic mass is 10.2. The molecule has 0 aliphatic carbocycles. The predicted molar refractivity (Wildman–Crippen MR) is 94.7 cm³/mol. The maximum atomic E-state index is 12.3. The summed E-state index contributed by atoms with van der Waals surface area (Å²) in [5, 5.41) is 1.02. The van der Waals surface area contributed by atoms with Crippen LogP contribution < -0.4 is 5.56 Å². The van der Waals surface area contributed by atoms with Gasteiger partial charge in [0.1, 0.15) is 5.65 Å². The molecule has 0 radical (unpaired) electrons. The molecule has 1 aromatic carbocycles. The van der Waals surface area contributed by atoms with Gasteiger partial charge in [0.25, 0.3) is 5.56 Å². The third kappa shape index (κ3) is 3.39. The molecule has 3 rings (SSSR count). The normalized spacial score (nSPS) is 10.1. The molecule has 4 heteroatoms. The number of pyridine rings is 2. The third-order valence-electron chi connectivity index (χ3n) is 3.23. The summed E-state index contributed by atoms with van der Waals surface area (Å²) in [6.07, 6.45) is 3.70. The second-order valence-corrected chi connectivity index (χ2v) is 5.35. The highest BCUT2D eigenvalue weighted by Gasteiger charge is 2.09. The van der Waals surface area contributed by atoms with Crippen molar-refractivity contribution in [1.82, 2.24) is 9.55 Å². The number of thioether (sulfide) groups is 1. The van der Waals surface area contributed by atoms with Crippen molar-refractivity contribution in [1.29, 1.82) is 0 Å². The number of fused-ring (bicyclic) bond motifs is 1. The van der Waals surface area contributed by atoms with Gasteiger partial charge >= 0.3 is 0 Å². The molecule has 0 atom stereocenters. The van der Waals surface area contributed by atoms with E-state index in [4.69, 9.17) is 0 Å². The minimum Gasteiger partial charge on any atom is -0.288 e. The minimum atomic E-state index is -0.00981. The summed E-state index contributed by atoms with van der Waals surface area (Å²) in [6.45, 7) is 4.54. The Bertz CT molecular complexity index is 797. The van der Waals surface area contributed by atoms with Crippen molar-refractivity contribution < 1.29 is 0 Å². The summed E-state index contributed by atoms with van der Waals surface area (Å²) < 4.78 is 1.73. The van der Waals surface area contributed by atoms with Crippen molar-refractivity contribution in [2.45, 2.75) is 25.3 Å². The molecule has 3 nitrogen and oxygen atoms in total. The summed E-state index contributed by atoms with van der Waals surface area (Å²) in [6, 6.07) is 15.6. The Labute approximate surface area is 135 Å². The highest BCUT2D eigenvalue weighted by molar-refractivity contribution is 7.98. The average Bonchev–Trinajstić information content (AvgIpc) is 2.60. The Morgan fingerprint density at radius 2 is 1.82 bits per heavy atom. The smallest absolute Gasteiger partial charge is 0.253 e. The lowest BCUT2D eigenvalue weighted by Crippen LogP contribution is -2.21. The van der Waals surface area contributed by atoms with E-state index in [0.29, 0.717) is 6.54 Å². The van der Waals surface area contributed by atoms with E-state index in [9.17, 15) is 4.79 Å². The van der Waals surface area contributed by atoms with Gasteiger partial charge in [0.05, 0.1) is 6.54 Å². The molecule has 0 saturated heterocycles. The van der Waals surface area contributed by atoms with Crippen molar-refractivity contribution in [2.75, 3.05) is 6.26 Å². The Kier molecular flexibility index (Phi) is 5.78. The van der Waals surface area contributed by atoms with E-state index in [1.165, 1.54) is 0 Å². The zero-order valence-electron chi connectivity index (χ0n) is 13.1. The molecule has 0 saturated carbocycles. The molecule has 0 amide bonds. The van der Waals surface area contributed by atoms with Crippen LogP contribution in [0, 0.1) is 0 Å². The zero-order chi connectivity index (χ0) is 15.9. The molecule has 0 bridgehead atoms. The zero-order valence-corrected chi connectivity index (χ0v) is 13.9. The average molecular weight is 312 g/mol. The Morgan fingerprint density at radius 3 is 2.50 bits per heavy atom. The Balaban J connectivity index is 0.000000847. The van der Waals surface area contributed by atoms with Gasteiger partial charge in [-0.1, -0.05) is 44.2 Å². The maximum absolute atomic E-state index is 12.3. The van der Waals surface area contributed by atoms with Crippen molar-refractivity contribution >= 4 is 22.8 Å². The van der Waals surface area contributed by atoms with Crippen LogP contribution in [0.2, 0.25) is 0 Å². The van der Waals surface area contributed by atoms with Gasteiger partial charge in [-0.25, -0.2) is 4.98 Å². The molecular formula is C18H20N2OS. The summed E-state index contributed by atoms with van der Waals surface area (Å²) in [7, 11) is 0. The molecule has 0 spiro atoms. The van der Waals surface area contributed by atoms with Crippen LogP contribution in [0.25, 0.3) is 11.0 Å². The van der Waals surface area contributed by atoms with E-state index in [2.05, 4.69) is 4.98 Å². The summed E-state index contributed by atoms with van der Waals surface area (Å²) in [5.74, 6) is 0. The monoisotopic (exact) mass is 312 g/mol.